The highest BCUT2D eigenvalue weighted by atomic mass is 16.4. The number of hydrogen-bond donors (Lipinski definition) is 2. The van der Waals surface area contributed by atoms with Gasteiger partial charge in [-0.05, 0) is 37.9 Å². The fourth-order valence-electron chi connectivity index (χ4n) is 2.47. The van der Waals surface area contributed by atoms with Gasteiger partial charge in [0.2, 0.25) is 0 Å². The molecule has 1 saturated heterocycles. The molecule has 0 radical (unpaired) electrons. The Hall–Kier alpha value is -1.35. The highest BCUT2D eigenvalue weighted by molar-refractivity contribution is 5.72. The Morgan fingerprint density at radius 1 is 1.44 bits per heavy atom. The van der Waals surface area contributed by atoms with Gasteiger partial charge >= 0.3 is 5.97 Å². The molecule has 0 unspecified atom stereocenters. The zero-order chi connectivity index (χ0) is 11.7. The molecule has 0 amide bonds. The fraction of sp³-hybridized carbons (Fsp3) is 0.462. The number of nitrogens with one attached hydrogen (secondary N) is 1. The lowest BCUT2D eigenvalue weighted by Gasteiger charge is -2.19. The molecule has 3 nitrogen and oxygen atoms in total. The van der Waals surface area contributed by atoms with Crippen LogP contribution in [0.3, 0.4) is 0 Å². The lowest BCUT2D eigenvalue weighted by Crippen LogP contribution is -2.24. The molecule has 2 N–H and O–H groups in total. The predicted octanol–water partition coefficient (Wildman–Crippen LogP) is 2.04. The SMILES string of the molecule is Cc1ccc([C@@H]2NCC[C@H]2C(=O)O)c(C)c1. The minimum absolute atomic E-state index is 0.0295. The molecule has 1 aromatic rings. The molecule has 1 fully saturated rings. The third-order valence-electron chi connectivity index (χ3n) is 3.30. The molecule has 16 heavy (non-hydrogen) atoms. The molecular weight excluding hydrogens is 202 g/mol. The second-order valence-corrected chi connectivity index (χ2v) is 4.53. The van der Waals surface area contributed by atoms with Gasteiger partial charge in [0.25, 0.3) is 0 Å². The van der Waals surface area contributed by atoms with Gasteiger partial charge in [-0.3, -0.25) is 4.79 Å². The number of aliphatic carboxylic acids is 1. The standard InChI is InChI=1S/C13H17NO2/c1-8-3-4-10(9(2)7-8)12-11(13(15)16)5-6-14-12/h3-4,7,11-12,14H,5-6H2,1-2H3,(H,15,16)/t11-,12+/m1/s1. The van der Waals surface area contributed by atoms with Crippen molar-refractivity contribution in [1.82, 2.24) is 5.32 Å². The van der Waals surface area contributed by atoms with Crippen molar-refractivity contribution in [3.63, 3.8) is 0 Å². The maximum absolute atomic E-state index is 11.1. The highest BCUT2D eigenvalue weighted by Gasteiger charge is 2.34. The van der Waals surface area contributed by atoms with E-state index in [9.17, 15) is 4.79 Å². The van der Waals surface area contributed by atoms with Gasteiger partial charge in [-0.25, -0.2) is 0 Å². The molecular formula is C13H17NO2. The van der Waals surface area contributed by atoms with Crippen molar-refractivity contribution in [3.05, 3.63) is 34.9 Å². The summed E-state index contributed by atoms with van der Waals surface area (Å²) in [5, 5.41) is 12.4. The third kappa shape index (κ3) is 1.95. The number of carboxylic acids is 1. The first-order valence-electron chi connectivity index (χ1n) is 5.63. The van der Waals surface area contributed by atoms with E-state index in [1.165, 1.54) is 11.1 Å². The molecule has 0 aromatic heterocycles. The van der Waals surface area contributed by atoms with E-state index in [1.54, 1.807) is 0 Å². The number of aryl methyl sites for hydroxylation is 2. The average molecular weight is 219 g/mol. The summed E-state index contributed by atoms with van der Waals surface area (Å²) in [6.07, 6.45) is 0.716. The molecule has 2 rings (SSSR count). The van der Waals surface area contributed by atoms with Crippen molar-refractivity contribution in [3.8, 4) is 0 Å². The Morgan fingerprint density at radius 3 is 2.81 bits per heavy atom. The van der Waals surface area contributed by atoms with Gasteiger partial charge in [-0.2, -0.15) is 0 Å². The van der Waals surface area contributed by atoms with E-state index in [2.05, 4.69) is 11.4 Å². The number of carbonyl (C=O) groups is 1. The highest BCUT2D eigenvalue weighted by Crippen LogP contribution is 2.31. The topological polar surface area (TPSA) is 49.3 Å². The van der Waals surface area contributed by atoms with Gasteiger partial charge in [-0.1, -0.05) is 23.8 Å². The van der Waals surface area contributed by atoms with E-state index in [0.29, 0.717) is 6.42 Å². The van der Waals surface area contributed by atoms with Crippen LogP contribution in [0.15, 0.2) is 18.2 Å². The van der Waals surface area contributed by atoms with Crippen LogP contribution in [0.1, 0.15) is 29.2 Å². The number of rotatable bonds is 2. The second-order valence-electron chi connectivity index (χ2n) is 4.53. The molecule has 0 bridgehead atoms. The normalized spacial score (nSPS) is 24.6. The zero-order valence-corrected chi connectivity index (χ0v) is 9.66. The Balaban J connectivity index is 2.32. The van der Waals surface area contributed by atoms with E-state index < -0.39 is 5.97 Å². The van der Waals surface area contributed by atoms with Crippen molar-refractivity contribution in [2.45, 2.75) is 26.3 Å². The largest absolute Gasteiger partial charge is 0.481 e. The molecule has 0 saturated carbocycles. The number of carboxylic acid groups (broad SMARTS) is 1. The van der Waals surface area contributed by atoms with E-state index in [4.69, 9.17) is 5.11 Å². The maximum Gasteiger partial charge on any atom is 0.308 e. The summed E-state index contributed by atoms with van der Waals surface area (Å²) in [5.41, 5.74) is 3.51. The third-order valence-corrected chi connectivity index (χ3v) is 3.30. The van der Waals surface area contributed by atoms with Crippen molar-refractivity contribution >= 4 is 5.97 Å². The van der Waals surface area contributed by atoms with Crippen molar-refractivity contribution < 1.29 is 9.90 Å². The maximum atomic E-state index is 11.1. The summed E-state index contributed by atoms with van der Waals surface area (Å²) in [7, 11) is 0. The summed E-state index contributed by atoms with van der Waals surface area (Å²) in [6.45, 7) is 4.88. The summed E-state index contributed by atoms with van der Waals surface area (Å²) in [5.74, 6) is -0.989. The molecule has 0 spiro atoms. The molecule has 3 heteroatoms. The van der Waals surface area contributed by atoms with Crippen molar-refractivity contribution in [1.29, 1.82) is 0 Å². The summed E-state index contributed by atoms with van der Waals surface area (Å²) in [6, 6.07) is 6.16. The minimum atomic E-state index is -0.699. The molecule has 1 heterocycles. The quantitative estimate of drug-likeness (QED) is 0.800. The van der Waals surface area contributed by atoms with Crippen LogP contribution in [0.25, 0.3) is 0 Å². The number of benzene rings is 1. The molecule has 2 atom stereocenters. The fourth-order valence-corrected chi connectivity index (χ4v) is 2.47. The van der Waals surface area contributed by atoms with Crippen LogP contribution in [-0.4, -0.2) is 17.6 Å². The van der Waals surface area contributed by atoms with Crippen molar-refractivity contribution in [2.75, 3.05) is 6.54 Å². The van der Waals surface area contributed by atoms with E-state index >= 15 is 0 Å². The summed E-state index contributed by atoms with van der Waals surface area (Å²) in [4.78, 5) is 11.1. The minimum Gasteiger partial charge on any atom is -0.481 e. The van der Waals surface area contributed by atoms with Gasteiger partial charge in [0.05, 0.1) is 5.92 Å². The van der Waals surface area contributed by atoms with Crippen LogP contribution in [0, 0.1) is 19.8 Å². The van der Waals surface area contributed by atoms with Crippen LogP contribution >= 0.6 is 0 Å². The van der Waals surface area contributed by atoms with Crippen LogP contribution in [-0.2, 0) is 4.79 Å². The van der Waals surface area contributed by atoms with Crippen LogP contribution < -0.4 is 5.32 Å². The van der Waals surface area contributed by atoms with Gasteiger partial charge in [0, 0.05) is 6.04 Å². The first-order valence-corrected chi connectivity index (χ1v) is 5.63. The lowest BCUT2D eigenvalue weighted by atomic mass is 9.91. The van der Waals surface area contributed by atoms with Gasteiger partial charge < -0.3 is 10.4 Å². The van der Waals surface area contributed by atoms with Gasteiger partial charge in [0.15, 0.2) is 0 Å². The van der Waals surface area contributed by atoms with Crippen LogP contribution in [0.2, 0.25) is 0 Å². The monoisotopic (exact) mass is 219 g/mol. The second kappa shape index (κ2) is 4.26. The Bertz CT molecular complexity index is 414. The van der Waals surface area contributed by atoms with E-state index in [1.807, 2.05) is 26.0 Å². The van der Waals surface area contributed by atoms with Crippen LogP contribution in [0.5, 0.6) is 0 Å². The molecule has 1 aliphatic heterocycles. The Morgan fingerprint density at radius 2 is 2.19 bits per heavy atom. The van der Waals surface area contributed by atoms with Crippen LogP contribution in [0.4, 0.5) is 0 Å². The predicted molar refractivity (Wildman–Crippen MR) is 62.4 cm³/mol. The Kier molecular flexibility index (Phi) is 2.97. The molecule has 1 aromatic carbocycles. The molecule has 0 aliphatic carbocycles. The summed E-state index contributed by atoms with van der Waals surface area (Å²) >= 11 is 0. The van der Waals surface area contributed by atoms with Gasteiger partial charge in [-0.15, -0.1) is 0 Å². The average Bonchev–Trinajstić information content (AvgIpc) is 2.66. The first kappa shape index (κ1) is 11.1. The zero-order valence-electron chi connectivity index (χ0n) is 9.66. The molecule has 1 aliphatic rings. The van der Waals surface area contributed by atoms with E-state index in [-0.39, 0.29) is 12.0 Å². The number of hydrogen-bond acceptors (Lipinski definition) is 2. The smallest absolute Gasteiger partial charge is 0.308 e. The molecule has 86 valence electrons. The van der Waals surface area contributed by atoms with Gasteiger partial charge in [0.1, 0.15) is 0 Å². The lowest BCUT2D eigenvalue weighted by molar-refractivity contribution is -0.142. The Labute approximate surface area is 95.5 Å². The van der Waals surface area contributed by atoms with Crippen molar-refractivity contribution in [2.24, 2.45) is 5.92 Å². The first-order chi connectivity index (χ1) is 7.59. The van der Waals surface area contributed by atoms with E-state index in [0.717, 1.165) is 12.1 Å². The summed E-state index contributed by atoms with van der Waals surface area (Å²) < 4.78 is 0.